The van der Waals surface area contributed by atoms with E-state index in [0.717, 1.165) is 18.8 Å². The summed E-state index contributed by atoms with van der Waals surface area (Å²) in [5.74, 6) is 1.59. The van der Waals surface area contributed by atoms with Crippen LogP contribution >= 0.6 is 0 Å². The minimum absolute atomic E-state index is 0.0305. The van der Waals surface area contributed by atoms with Crippen molar-refractivity contribution in [3.63, 3.8) is 0 Å². The molecule has 0 bridgehead atoms. The maximum atomic E-state index is 12.3. The fourth-order valence-corrected chi connectivity index (χ4v) is 6.90. The maximum absolute atomic E-state index is 12.3. The van der Waals surface area contributed by atoms with Gasteiger partial charge in [0.15, 0.2) is 0 Å². The van der Waals surface area contributed by atoms with Crippen molar-refractivity contribution in [2.24, 2.45) is 34.0 Å². The number of ketones is 1. The number of fused-ring (bicyclic) bond motifs is 3. The Morgan fingerprint density at radius 1 is 1.00 bits per heavy atom. The quantitative estimate of drug-likeness (QED) is 0.786. The Morgan fingerprint density at radius 3 is 2.38 bits per heavy atom. The zero-order valence-electron chi connectivity index (χ0n) is 14.2. The van der Waals surface area contributed by atoms with Crippen molar-refractivity contribution >= 4 is 5.78 Å². The van der Waals surface area contributed by atoms with Gasteiger partial charge in [0.25, 0.3) is 0 Å². The summed E-state index contributed by atoms with van der Waals surface area (Å²) in [4.78, 5) is 12.3. The number of carbonyl (C=O) groups excluding carboxylic acids is 1. The van der Waals surface area contributed by atoms with Crippen LogP contribution in [-0.2, 0) is 4.79 Å². The molecule has 0 heterocycles. The molecule has 3 aliphatic rings. The lowest BCUT2D eigenvalue weighted by Crippen LogP contribution is -2.60. The molecule has 0 aromatic carbocycles. The van der Waals surface area contributed by atoms with Crippen LogP contribution in [0.4, 0.5) is 0 Å². The summed E-state index contributed by atoms with van der Waals surface area (Å²) in [6, 6.07) is 0. The second-order valence-electron chi connectivity index (χ2n) is 9.24. The van der Waals surface area contributed by atoms with Gasteiger partial charge in [0.1, 0.15) is 5.78 Å². The van der Waals surface area contributed by atoms with Gasteiger partial charge in [-0.3, -0.25) is 4.79 Å². The summed E-state index contributed by atoms with van der Waals surface area (Å²) in [7, 11) is 0. The molecule has 3 rings (SSSR count). The largest absolute Gasteiger partial charge is 0.396 e. The van der Waals surface area contributed by atoms with Crippen LogP contribution in [0, 0.1) is 34.0 Å². The highest BCUT2D eigenvalue weighted by molar-refractivity contribution is 5.83. The molecule has 21 heavy (non-hydrogen) atoms. The van der Waals surface area contributed by atoms with Crippen LogP contribution < -0.4 is 0 Å². The Bertz CT molecular complexity index is 441. The summed E-state index contributed by atoms with van der Waals surface area (Å²) in [5, 5.41) is 9.83. The lowest BCUT2D eigenvalue weighted by molar-refractivity contribution is -0.175. The minimum atomic E-state index is -0.112. The van der Waals surface area contributed by atoms with E-state index >= 15 is 0 Å². The molecule has 3 saturated carbocycles. The monoisotopic (exact) mass is 292 g/mol. The van der Waals surface area contributed by atoms with Crippen molar-refractivity contribution in [2.75, 3.05) is 6.61 Å². The number of carbonyl (C=O) groups is 1. The zero-order valence-corrected chi connectivity index (χ0v) is 14.2. The van der Waals surface area contributed by atoms with Crippen LogP contribution in [-0.4, -0.2) is 17.5 Å². The second-order valence-corrected chi connectivity index (χ2v) is 9.24. The zero-order chi connectivity index (χ0) is 15.5. The summed E-state index contributed by atoms with van der Waals surface area (Å²) in [5.41, 5.74) is 0.829. The standard InChI is InChI=1S/C19H32O2/c1-17(2)9-5-10-19(4)15(17)8-11-18(3)13(12-20)14(21)6-7-16(18)19/h13,15-16,20H,5-12H2,1-4H3/t13-,15?,16?,18+,19+/m1/s1. The Kier molecular flexibility index (Phi) is 3.56. The van der Waals surface area contributed by atoms with E-state index in [2.05, 4.69) is 27.7 Å². The van der Waals surface area contributed by atoms with Crippen LogP contribution in [0.15, 0.2) is 0 Å². The van der Waals surface area contributed by atoms with Crippen molar-refractivity contribution in [1.82, 2.24) is 0 Å². The number of rotatable bonds is 1. The van der Waals surface area contributed by atoms with Gasteiger partial charge in [-0.2, -0.15) is 0 Å². The number of aliphatic hydroxyl groups excluding tert-OH is 1. The van der Waals surface area contributed by atoms with Crippen molar-refractivity contribution in [3.05, 3.63) is 0 Å². The average molecular weight is 292 g/mol. The molecule has 5 atom stereocenters. The first-order chi connectivity index (χ1) is 9.75. The Hall–Kier alpha value is -0.370. The van der Waals surface area contributed by atoms with Crippen molar-refractivity contribution in [1.29, 1.82) is 0 Å². The summed E-state index contributed by atoms with van der Waals surface area (Å²) >= 11 is 0. The van der Waals surface area contributed by atoms with Gasteiger partial charge < -0.3 is 5.11 Å². The van der Waals surface area contributed by atoms with E-state index in [9.17, 15) is 9.90 Å². The lowest BCUT2D eigenvalue weighted by Gasteiger charge is -2.65. The van der Waals surface area contributed by atoms with Crippen molar-refractivity contribution in [2.45, 2.75) is 72.6 Å². The smallest absolute Gasteiger partial charge is 0.138 e. The minimum Gasteiger partial charge on any atom is -0.396 e. The predicted molar refractivity (Wildman–Crippen MR) is 84.9 cm³/mol. The topological polar surface area (TPSA) is 37.3 Å². The Morgan fingerprint density at radius 2 is 1.71 bits per heavy atom. The third-order valence-corrected chi connectivity index (χ3v) is 7.89. The van der Waals surface area contributed by atoms with Crippen LogP contribution in [0.2, 0.25) is 0 Å². The van der Waals surface area contributed by atoms with Crippen LogP contribution in [0.3, 0.4) is 0 Å². The molecule has 2 heteroatoms. The number of hydrogen-bond acceptors (Lipinski definition) is 2. The molecule has 3 aliphatic carbocycles. The molecule has 0 amide bonds. The first-order valence-corrected chi connectivity index (χ1v) is 8.89. The molecule has 0 aromatic heterocycles. The average Bonchev–Trinajstić information content (AvgIpc) is 2.36. The molecule has 120 valence electrons. The van der Waals surface area contributed by atoms with Crippen LogP contribution in [0.1, 0.15) is 72.6 Å². The van der Waals surface area contributed by atoms with Gasteiger partial charge in [-0.25, -0.2) is 0 Å². The van der Waals surface area contributed by atoms with Gasteiger partial charge >= 0.3 is 0 Å². The predicted octanol–water partition coefficient (Wildman–Crippen LogP) is 4.21. The van der Waals surface area contributed by atoms with Gasteiger partial charge in [0.2, 0.25) is 0 Å². The Labute approximate surface area is 129 Å². The third kappa shape index (κ3) is 2.04. The van der Waals surface area contributed by atoms with E-state index in [1.807, 2.05) is 0 Å². The highest BCUT2D eigenvalue weighted by Crippen LogP contribution is 2.67. The van der Waals surface area contributed by atoms with Crippen molar-refractivity contribution < 1.29 is 9.90 Å². The fourth-order valence-electron chi connectivity index (χ4n) is 6.90. The Balaban J connectivity index is 2.00. The molecule has 2 unspecified atom stereocenters. The molecule has 3 fully saturated rings. The molecule has 0 aliphatic heterocycles. The van der Waals surface area contributed by atoms with Gasteiger partial charge in [-0.1, -0.05) is 34.1 Å². The second kappa shape index (κ2) is 4.81. The lowest BCUT2D eigenvalue weighted by atomic mass is 9.39. The van der Waals surface area contributed by atoms with E-state index in [0.29, 0.717) is 29.0 Å². The van der Waals surface area contributed by atoms with Crippen LogP contribution in [0.25, 0.3) is 0 Å². The van der Waals surface area contributed by atoms with Gasteiger partial charge in [-0.05, 0) is 60.2 Å². The molecule has 0 spiro atoms. The van der Waals surface area contributed by atoms with E-state index < -0.39 is 0 Å². The van der Waals surface area contributed by atoms with E-state index in [1.165, 1.54) is 25.7 Å². The maximum Gasteiger partial charge on any atom is 0.138 e. The number of hydrogen-bond donors (Lipinski definition) is 1. The fraction of sp³-hybridized carbons (Fsp3) is 0.947. The molecule has 0 saturated heterocycles. The van der Waals surface area contributed by atoms with E-state index in [-0.39, 0.29) is 17.9 Å². The highest BCUT2D eigenvalue weighted by Gasteiger charge is 2.61. The molecule has 0 radical (unpaired) electrons. The summed E-state index contributed by atoms with van der Waals surface area (Å²) in [6.45, 7) is 9.77. The highest BCUT2D eigenvalue weighted by atomic mass is 16.3. The van der Waals surface area contributed by atoms with Crippen LogP contribution in [0.5, 0.6) is 0 Å². The number of aliphatic hydroxyl groups is 1. The molecular weight excluding hydrogens is 260 g/mol. The van der Waals surface area contributed by atoms with Gasteiger partial charge in [-0.15, -0.1) is 0 Å². The van der Waals surface area contributed by atoms with Gasteiger partial charge in [0.05, 0.1) is 6.61 Å². The van der Waals surface area contributed by atoms with E-state index in [4.69, 9.17) is 0 Å². The van der Waals surface area contributed by atoms with E-state index in [1.54, 1.807) is 0 Å². The first-order valence-electron chi connectivity index (χ1n) is 8.89. The third-order valence-electron chi connectivity index (χ3n) is 7.89. The van der Waals surface area contributed by atoms with Crippen molar-refractivity contribution in [3.8, 4) is 0 Å². The molecule has 1 N–H and O–H groups in total. The molecule has 0 aromatic rings. The normalized spacial score (nSPS) is 49.4. The first kappa shape index (κ1) is 15.5. The summed E-state index contributed by atoms with van der Waals surface area (Å²) < 4.78 is 0. The SMILES string of the molecule is CC1(C)CCC[C@@]2(C)C1CC[C@]1(C)C2CCC(=O)[C@H]1CO. The number of Topliss-reactive ketones (excluding diaryl/α,β-unsaturated/α-hetero) is 1. The molecular formula is C19H32O2. The summed E-state index contributed by atoms with van der Waals surface area (Å²) in [6.07, 6.45) is 8.08. The van der Waals surface area contributed by atoms with Gasteiger partial charge in [0, 0.05) is 12.3 Å². The molecule has 2 nitrogen and oxygen atoms in total.